The van der Waals surface area contributed by atoms with Crippen LogP contribution in [-0.2, 0) is 4.79 Å². The molecule has 0 radical (unpaired) electrons. The molecular formula is C18H17FN4O. The van der Waals surface area contributed by atoms with Crippen LogP contribution in [0.25, 0.3) is 10.9 Å². The number of fused-ring (bicyclic) bond motifs is 1. The molecule has 1 aliphatic rings. The van der Waals surface area contributed by atoms with Crippen molar-refractivity contribution in [2.45, 2.75) is 12.1 Å². The molecule has 2 N–H and O–H groups in total. The molecule has 1 aromatic heterocycles. The highest BCUT2D eigenvalue weighted by Gasteiger charge is 2.33. The summed E-state index contributed by atoms with van der Waals surface area (Å²) in [5.41, 5.74) is 2.94. The molecule has 1 fully saturated rings. The first-order chi connectivity index (χ1) is 11.8. The maximum Gasteiger partial charge on any atom is 0.210 e. The van der Waals surface area contributed by atoms with Gasteiger partial charge in [-0.25, -0.2) is 4.39 Å². The number of nitrogens with zero attached hydrogens (tertiary/aromatic N) is 2. The van der Waals surface area contributed by atoms with E-state index in [0.29, 0.717) is 13.1 Å². The lowest BCUT2D eigenvalue weighted by Gasteiger charge is -2.40. The van der Waals surface area contributed by atoms with Gasteiger partial charge in [0.05, 0.1) is 23.8 Å². The van der Waals surface area contributed by atoms with Gasteiger partial charge in [0.25, 0.3) is 0 Å². The first-order valence-electron chi connectivity index (χ1n) is 7.89. The molecule has 1 aliphatic heterocycles. The number of piperazine rings is 1. The quantitative estimate of drug-likeness (QED) is 0.728. The summed E-state index contributed by atoms with van der Waals surface area (Å²) in [4.78, 5) is 13.4. The van der Waals surface area contributed by atoms with Gasteiger partial charge in [-0.3, -0.25) is 9.89 Å². The van der Waals surface area contributed by atoms with Crippen LogP contribution in [0.3, 0.4) is 0 Å². The van der Waals surface area contributed by atoms with Crippen LogP contribution in [0.1, 0.15) is 23.2 Å². The Morgan fingerprint density at radius 2 is 1.96 bits per heavy atom. The fourth-order valence-electron chi connectivity index (χ4n) is 3.41. The van der Waals surface area contributed by atoms with Crippen molar-refractivity contribution in [2.75, 3.05) is 13.1 Å². The highest BCUT2D eigenvalue weighted by Crippen LogP contribution is 2.36. The largest absolute Gasteiger partial charge is 0.335 e. The predicted octanol–water partition coefficient (Wildman–Crippen LogP) is 2.55. The van der Waals surface area contributed by atoms with E-state index >= 15 is 0 Å². The minimum atomic E-state index is -0.266. The van der Waals surface area contributed by atoms with Gasteiger partial charge in [0, 0.05) is 18.5 Å². The summed E-state index contributed by atoms with van der Waals surface area (Å²) in [6.07, 6.45) is 2.66. The molecule has 2 aromatic carbocycles. The van der Waals surface area contributed by atoms with Crippen LogP contribution in [0.2, 0.25) is 0 Å². The first kappa shape index (κ1) is 14.8. The number of hydrogen-bond acceptors (Lipinski definition) is 3. The average molecular weight is 324 g/mol. The Morgan fingerprint density at radius 1 is 1.17 bits per heavy atom. The third-order valence-corrected chi connectivity index (χ3v) is 4.58. The molecule has 1 amide bonds. The summed E-state index contributed by atoms with van der Waals surface area (Å²) in [5.74, 6) is -0.266. The summed E-state index contributed by atoms with van der Waals surface area (Å²) in [5, 5.41) is 11.4. The number of aromatic amines is 1. The summed E-state index contributed by atoms with van der Waals surface area (Å²) < 4.78 is 13.3. The smallest absolute Gasteiger partial charge is 0.210 e. The molecule has 4 rings (SSSR count). The Labute approximate surface area is 138 Å². The zero-order chi connectivity index (χ0) is 16.5. The van der Waals surface area contributed by atoms with Gasteiger partial charge in [-0.05, 0) is 35.4 Å². The van der Waals surface area contributed by atoms with Gasteiger partial charge in [-0.2, -0.15) is 5.10 Å². The van der Waals surface area contributed by atoms with E-state index in [-0.39, 0.29) is 17.9 Å². The Kier molecular flexibility index (Phi) is 3.74. The third-order valence-electron chi connectivity index (χ3n) is 4.58. The fourth-order valence-corrected chi connectivity index (χ4v) is 3.41. The van der Waals surface area contributed by atoms with Crippen molar-refractivity contribution < 1.29 is 9.18 Å². The van der Waals surface area contributed by atoms with Crippen LogP contribution in [0.5, 0.6) is 0 Å². The van der Waals surface area contributed by atoms with E-state index in [4.69, 9.17) is 0 Å². The van der Waals surface area contributed by atoms with Gasteiger partial charge in [0.15, 0.2) is 0 Å². The van der Waals surface area contributed by atoms with Crippen molar-refractivity contribution in [2.24, 2.45) is 0 Å². The van der Waals surface area contributed by atoms with E-state index in [2.05, 4.69) is 15.5 Å². The number of H-pyrrole nitrogens is 1. The van der Waals surface area contributed by atoms with Crippen molar-refractivity contribution in [1.82, 2.24) is 20.4 Å². The van der Waals surface area contributed by atoms with Crippen molar-refractivity contribution in [3.05, 3.63) is 65.6 Å². The van der Waals surface area contributed by atoms with Crippen molar-refractivity contribution in [1.29, 1.82) is 0 Å². The highest BCUT2D eigenvalue weighted by molar-refractivity contribution is 5.78. The molecule has 2 unspecified atom stereocenters. The van der Waals surface area contributed by atoms with E-state index in [1.54, 1.807) is 23.2 Å². The molecule has 0 saturated carbocycles. The van der Waals surface area contributed by atoms with Gasteiger partial charge in [-0.1, -0.05) is 18.2 Å². The van der Waals surface area contributed by atoms with Crippen LogP contribution in [0, 0.1) is 5.82 Å². The molecule has 0 spiro atoms. The maximum absolute atomic E-state index is 13.3. The van der Waals surface area contributed by atoms with Crippen molar-refractivity contribution in [3.8, 4) is 0 Å². The fraction of sp³-hybridized carbons (Fsp3) is 0.222. The van der Waals surface area contributed by atoms with Gasteiger partial charge in [0.1, 0.15) is 5.82 Å². The minimum Gasteiger partial charge on any atom is -0.335 e. The summed E-state index contributed by atoms with van der Waals surface area (Å²) in [6.45, 7) is 1.33. The van der Waals surface area contributed by atoms with Gasteiger partial charge >= 0.3 is 0 Å². The molecule has 5 nitrogen and oxygen atoms in total. The zero-order valence-corrected chi connectivity index (χ0v) is 12.9. The Hall–Kier alpha value is -2.73. The lowest BCUT2D eigenvalue weighted by Crippen LogP contribution is -2.47. The van der Waals surface area contributed by atoms with Crippen LogP contribution in [0.4, 0.5) is 4.39 Å². The van der Waals surface area contributed by atoms with Gasteiger partial charge < -0.3 is 10.2 Å². The van der Waals surface area contributed by atoms with E-state index < -0.39 is 0 Å². The summed E-state index contributed by atoms with van der Waals surface area (Å²) >= 11 is 0. The normalized spacial score (nSPS) is 21.1. The molecule has 1 saturated heterocycles. The van der Waals surface area contributed by atoms with Crippen molar-refractivity contribution in [3.63, 3.8) is 0 Å². The number of amides is 1. The monoisotopic (exact) mass is 324 g/mol. The predicted molar refractivity (Wildman–Crippen MR) is 88.7 cm³/mol. The number of carbonyl (C=O) groups is 1. The Bertz CT molecular complexity index is 861. The number of nitrogens with one attached hydrogen (secondary N) is 2. The SMILES string of the molecule is O=CN1CCNC(c2ccc(F)cc2)C1c1ccc2[nH]ncc2c1. The molecular weight excluding hydrogens is 307 g/mol. The van der Waals surface area contributed by atoms with E-state index in [0.717, 1.165) is 28.4 Å². The number of hydrogen-bond donors (Lipinski definition) is 2. The highest BCUT2D eigenvalue weighted by atomic mass is 19.1. The van der Waals surface area contributed by atoms with Crippen LogP contribution >= 0.6 is 0 Å². The molecule has 24 heavy (non-hydrogen) atoms. The van der Waals surface area contributed by atoms with Crippen molar-refractivity contribution >= 4 is 17.3 Å². The van der Waals surface area contributed by atoms with Crippen LogP contribution in [0.15, 0.2) is 48.7 Å². The molecule has 0 bridgehead atoms. The number of carbonyl (C=O) groups excluding carboxylic acids is 1. The molecule has 122 valence electrons. The Morgan fingerprint density at radius 3 is 2.75 bits per heavy atom. The number of halogens is 1. The van der Waals surface area contributed by atoms with E-state index in [9.17, 15) is 9.18 Å². The molecule has 6 heteroatoms. The Balaban J connectivity index is 1.78. The number of aromatic nitrogens is 2. The molecule has 0 aliphatic carbocycles. The molecule has 2 atom stereocenters. The second-order valence-electron chi connectivity index (χ2n) is 5.99. The number of benzene rings is 2. The standard InChI is InChI=1S/C18H17FN4O/c19-15-4-1-12(2-5-15)17-18(23(11-24)8-7-20-17)13-3-6-16-14(9-13)10-21-22-16/h1-6,9-11,17-18,20H,7-8H2,(H,21,22). The topological polar surface area (TPSA) is 61.0 Å². The van der Waals surface area contributed by atoms with Gasteiger partial charge in [0.2, 0.25) is 6.41 Å². The lowest BCUT2D eigenvalue weighted by molar-refractivity contribution is -0.122. The first-order valence-corrected chi connectivity index (χ1v) is 7.89. The molecule has 3 aromatic rings. The second kappa shape index (κ2) is 6.05. The zero-order valence-electron chi connectivity index (χ0n) is 12.9. The third kappa shape index (κ3) is 2.55. The average Bonchev–Trinajstić information content (AvgIpc) is 3.09. The summed E-state index contributed by atoms with van der Waals surface area (Å²) in [7, 11) is 0. The summed E-state index contributed by atoms with van der Waals surface area (Å²) in [6, 6.07) is 12.2. The maximum atomic E-state index is 13.3. The van der Waals surface area contributed by atoms with E-state index in [1.807, 2.05) is 18.2 Å². The van der Waals surface area contributed by atoms with Crippen LogP contribution in [-0.4, -0.2) is 34.6 Å². The van der Waals surface area contributed by atoms with E-state index in [1.165, 1.54) is 12.1 Å². The molecule has 2 heterocycles. The van der Waals surface area contributed by atoms with Crippen LogP contribution < -0.4 is 5.32 Å². The second-order valence-corrected chi connectivity index (χ2v) is 5.99. The lowest BCUT2D eigenvalue weighted by atomic mass is 9.90. The van der Waals surface area contributed by atoms with Gasteiger partial charge in [-0.15, -0.1) is 0 Å². The minimum absolute atomic E-state index is 0.0890. The number of rotatable bonds is 3.